The van der Waals surface area contributed by atoms with E-state index in [0.29, 0.717) is 6.42 Å². The Bertz CT molecular complexity index is 881. The molecule has 152 valence electrons. The Labute approximate surface area is 191 Å². The maximum absolute atomic E-state index is 13.0. The van der Waals surface area contributed by atoms with Crippen molar-refractivity contribution >= 4 is 76.9 Å². The highest BCUT2D eigenvalue weighted by atomic mass is 79.9. The molecule has 3 atom stereocenters. The largest absolute Gasteiger partial charge is 0.288 e. The summed E-state index contributed by atoms with van der Waals surface area (Å²) in [5.74, 6) is -0.944. The van der Waals surface area contributed by atoms with Crippen LogP contribution in [0.25, 0.3) is 0 Å². The van der Waals surface area contributed by atoms with Gasteiger partial charge in [0.2, 0.25) is 5.91 Å². The van der Waals surface area contributed by atoms with E-state index in [1.165, 1.54) is 12.1 Å². The molecule has 0 heterocycles. The van der Waals surface area contributed by atoms with E-state index in [-0.39, 0.29) is 41.6 Å². The first-order chi connectivity index (χ1) is 12.9. The predicted molar refractivity (Wildman–Crippen MR) is 116 cm³/mol. The average molecular weight is 603 g/mol. The highest BCUT2D eigenvalue weighted by Crippen LogP contribution is 2.82. The van der Waals surface area contributed by atoms with E-state index in [0.717, 1.165) is 12.5 Å². The molecular formula is C17H17Br3ClN3O4. The van der Waals surface area contributed by atoms with Gasteiger partial charge in [-0.3, -0.25) is 30.6 Å². The standard InChI is InChI=1S/C17H17Br3ClN3O4/c1-15(2)16(13(19)20)5-6-17(15,12(16)18)14(26)23-22-11(25)8-3-4-9(21)10(7-8)24(27)28/h3-4,7,12-13H,5-6H2,1-2H3,(H,22,25)(H,23,26). The molecule has 1 aromatic rings. The van der Waals surface area contributed by atoms with E-state index in [9.17, 15) is 19.7 Å². The first-order valence-electron chi connectivity index (χ1n) is 8.40. The topological polar surface area (TPSA) is 101 Å². The first-order valence-corrected chi connectivity index (χ1v) is 11.5. The fraction of sp³-hybridized carbons (Fsp3) is 0.529. The van der Waals surface area contributed by atoms with Crippen molar-refractivity contribution in [2.75, 3.05) is 0 Å². The van der Waals surface area contributed by atoms with Gasteiger partial charge in [0.1, 0.15) is 5.02 Å². The lowest BCUT2D eigenvalue weighted by Crippen LogP contribution is -2.72. The van der Waals surface area contributed by atoms with Gasteiger partial charge in [0, 0.05) is 21.9 Å². The van der Waals surface area contributed by atoms with Crippen LogP contribution in [-0.2, 0) is 4.79 Å². The highest BCUT2D eigenvalue weighted by Gasteiger charge is 2.83. The quantitative estimate of drug-likeness (QED) is 0.297. The minimum absolute atomic E-state index is 0.0268. The highest BCUT2D eigenvalue weighted by molar-refractivity contribution is 9.24. The number of amides is 2. The number of benzene rings is 1. The maximum Gasteiger partial charge on any atom is 0.288 e. The normalized spacial score (nSPS) is 29.9. The van der Waals surface area contributed by atoms with Gasteiger partial charge in [-0.05, 0) is 30.4 Å². The van der Waals surface area contributed by atoms with Gasteiger partial charge in [-0.1, -0.05) is 73.2 Å². The van der Waals surface area contributed by atoms with E-state index in [4.69, 9.17) is 11.6 Å². The number of rotatable bonds is 4. The van der Waals surface area contributed by atoms with Gasteiger partial charge in [-0.25, -0.2) is 0 Å². The number of hydrogen-bond donors (Lipinski definition) is 2. The minimum Gasteiger partial charge on any atom is -0.273 e. The number of fused-ring (bicyclic) bond motifs is 1. The van der Waals surface area contributed by atoms with Crippen LogP contribution in [-0.4, -0.2) is 25.3 Å². The van der Waals surface area contributed by atoms with E-state index in [2.05, 4.69) is 72.5 Å². The number of nitro benzene ring substituents is 1. The van der Waals surface area contributed by atoms with E-state index >= 15 is 0 Å². The molecule has 0 spiro atoms. The zero-order valence-corrected chi connectivity index (χ0v) is 20.4. The zero-order chi connectivity index (χ0) is 21.1. The third-order valence-electron chi connectivity index (χ3n) is 6.59. The molecule has 11 heteroatoms. The van der Waals surface area contributed by atoms with E-state index < -0.39 is 16.2 Å². The Morgan fingerprint density at radius 3 is 2.43 bits per heavy atom. The molecule has 3 fully saturated rings. The molecule has 2 bridgehead atoms. The van der Waals surface area contributed by atoms with Crippen molar-refractivity contribution in [3.63, 3.8) is 0 Å². The minimum atomic E-state index is -0.675. The summed E-state index contributed by atoms with van der Waals surface area (Å²) < 4.78 is 0.0412. The van der Waals surface area contributed by atoms with Crippen LogP contribution in [0.1, 0.15) is 37.0 Å². The number of carbonyl (C=O) groups excluding carboxylic acids is 2. The molecule has 0 radical (unpaired) electrons. The van der Waals surface area contributed by atoms with Crippen LogP contribution in [0.3, 0.4) is 0 Å². The van der Waals surface area contributed by atoms with Crippen molar-refractivity contribution in [2.45, 2.75) is 35.3 Å². The predicted octanol–water partition coefficient (Wildman–Crippen LogP) is 4.70. The number of carbonyl (C=O) groups is 2. The van der Waals surface area contributed by atoms with Crippen molar-refractivity contribution in [2.24, 2.45) is 16.2 Å². The van der Waals surface area contributed by atoms with Gasteiger partial charge in [-0.2, -0.15) is 0 Å². The number of halogens is 4. The van der Waals surface area contributed by atoms with Crippen molar-refractivity contribution in [3.05, 3.63) is 38.9 Å². The number of hydrogen-bond acceptors (Lipinski definition) is 4. The lowest BCUT2D eigenvalue weighted by molar-refractivity contribution is -0.384. The third-order valence-corrected chi connectivity index (χ3v) is 10.1. The maximum atomic E-state index is 13.0. The van der Waals surface area contributed by atoms with Crippen LogP contribution in [0.2, 0.25) is 5.02 Å². The summed E-state index contributed by atoms with van der Waals surface area (Å²) in [6, 6.07) is 3.70. The molecular weight excluding hydrogens is 585 g/mol. The van der Waals surface area contributed by atoms with Crippen LogP contribution >= 0.6 is 59.4 Å². The molecule has 2 N–H and O–H groups in total. The smallest absolute Gasteiger partial charge is 0.273 e. The van der Waals surface area contributed by atoms with Crippen LogP contribution in [0, 0.1) is 26.4 Å². The number of nitrogens with one attached hydrogen (secondary N) is 2. The molecule has 3 saturated carbocycles. The first kappa shape index (κ1) is 22.0. The molecule has 4 rings (SSSR count). The molecule has 28 heavy (non-hydrogen) atoms. The van der Waals surface area contributed by atoms with Crippen molar-refractivity contribution in [1.82, 2.24) is 10.9 Å². The summed E-state index contributed by atoms with van der Waals surface area (Å²) in [6.45, 7) is 4.11. The Kier molecular flexibility index (Phi) is 5.66. The van der Waals surface area contributed by atoms with Gasteiger partial charge in [0.25, 0.3) is 11.6 Å². The Morgan fingerprint density at radius 2 is 1.93 bits per heavy atom. The van der Waals surface area contributed by atoms with Gasteiger partial charge in [-0.15, -0.1) is 0 Å². The number of nitro groups is 1. The van der Waals surface area contributed by atoms with Crippen molar-refractivity contribution in [1.29, 1.82) is 0 Å². The van der Waals surface area contributed by atoms with Crippen LogP contribution in [0.4, 0.5) is 5.69 Å². The van der Waals surface area contributed by atoms with Crippen LogP contribution in [0.5, 0.6) is 0 Å². The monoisotopic (exact) mass is 599 g/mol. The van der Waals surface area contributed by atoms with Crippen molar-refractivity contribution < 1.29 is 14.5 Å². The van der Waals surface area contributed by atoms with Crippen LogP contribution in [0.15, 0.2) is 18.2 Å². The summed E-state index contributed by atoms with van der Waals surface area (Å²) in [5.41, 5.74) is 3.39. The Balaban J connectivity index is 1.74. The van der Waals surface area contributed by atoms with E-state index in [1.807, 2.05) is 0 Å². The Morgan fingerprint density at radius 1 is 1.29 bits per heavy atom. The number of hydrazine groups is 1. The lowest BCUT2D eigenvalue weighted by Gasteiger charge is -2.66. The summed E-state index contributed by atoms with van der Waals surface area (Å²) in [4.78, 5) is 35.7. The second-order valence-corrected chi connectivity index (χ2v) is 12.0. The van der Waals surface area contributed by atoms with Gasteiger partial charge >= 0.3 is 0 Å². The van der Waals surface area contributed by atoms with Gasteiger partial charge in [0.15, 0.2) is 0 Å². The van der Waals surface area contributed by atoms with E-state index in [1.54, 1.807) is 0 Å². The average Bonchev–Trinajstić information content (AvgIpc) is 3.09. The molecule has 1 aromatic carbocycles. The molecule has 0 saturated heterocycles. The molecule has 3 aliphatic rings. The SMILES string of the molecule is CC1(C)C2(C(=O)NNC(=O)c3ccc(Cl)c([N+](=O)[O-])c3)CCC1(C(Br)Br)C2Br. The fourth-order valence-electron chi connectivity index (χ4n) is 4.79. The van der Waals surface area contributed by atoms with Gasteiger partial charge in [0.05, 0.1) is 14.1 Å². The zero-order valence-electron chi connectivity index (χ0n) is 14.9. The van der Waals surface area contributed by atoms with Crippen LogP contribution < -0.4 is 10.9 Å². The molecule has 3 aliphatic carbocycles. The van der Waals surface area contributed by atoms with Gasteiger partial charge < -0.3 is 0 Å². The fourth-order valence-corrected chi connectivity index (χ4v) is 9.89. The summed E-state index contributed by atoms with van der Waals surface area (Å²) >= 11 is 16.7. The molecule has 2 amide bonds. The number of alkyl halides is 3. The summed E-state index contributed by atoms with van der Waals surface area (Å²) in [5, 5.41) is 10.9. The van der Waals surface area contributed by atoms with Crippen molar-refractivity contribution in [3.8, 4) is 0 Å². The Hall–Kier alpha value is -0.710. The number of nitrogens with zero attached hydrogens (tertiary/aromatic N) is 1. The molecule has 7 nitrogen and oxygen atoms in total. The summed E-state index contributed by atoms with van der Waals surface area (Å²) in [6.07, 6.45) is 1.53. The molecule has 0 aromatic heterocycles. The molecule has 3 unspecified atom stereocenters. The lowest BCUT2D eigenvalue weighted by atomic mass is 9.43. The molecule has 0 aliphatic heterocycles. The third kappa shape index (κ3) is 2.70. The second kappa shape index (κ2) is 7.21. The second-order valence-electron chi connectivity index (χ2n) is 7.63. The summed E-state index contributed by atoms with van der Waals surface area (Å²) in [7, 11) is 0.